The van der Waals surface area contributed by atoms with Crippen LogP contribution in [-0.2, 0) is 4.79 Å². The van der Waals surface area contributed by atoms with Gasteiger partial charge < -0.3 is 10.4 Å². The fourth-order valence-electron chi connectivity index (χ4n) is 3.28. The van der Waals surface area contributed by atoms with Crippen LogP contribution < -0.4 is 5.32 Å². The molecule has 0 unspecified atom stereocenters. The summed E-state index contributed by atoms with van der Waals surface area (Å²) in [6, 6.07) is 4.66. The van der Waals surface area contributed by atoms with Gasteiger partial charge in [0.1, 0.15) is 0 Å². The minimum Gasteiger partial charge on any atom is -0.480 e. The molecule has 0 saturated heterocycles. The highest BCUT2D eigenvalue weighted by molar-refractivity contribution is 5.95. The highest BCUT2D eigenvalue weighted by atomic mass is 16.6. The maximum Gasteiger partial charge on any atom is 0.317 e. The molecule has 26 heavy (non-hydrogen) atoms. The van der Waals surface area contributed by atoms with Crippen LogP contribution in [0, 0.1) is 10.1 Å². The topological polar surface area (TPSA) is 113 Å². The Kier molecular flexibility index (Phi) is 6.31. The van der Waals surface area contributed by atoms with Crippen molar-refractivity contribution in [3.8, 4) is 0 Å². The van der Waals surface area contributed by atoms with Crippen molar-refractivity contribution < 1.29 is 19.6 Å². The molecule has 1 saturated carbocycles. The lowest BCUT2D eigenvalue weighted by Crippen LogP contribution is -2.54. The van der Waals surface area contributed by atoms with Crippen molar-refractivity contribution in [3.05, 3.63) is 39.4 Å². The number of carboxylic acids is 1. The van der Waals surface area contributed by atoms with Crippen LogP contribution in [0.5, 0.6) is 0 Å². The number of nitro benzene ring substituents is 1. The Labute approximate surface area is 152 Å². The molecule has 1 aliphatic carbocycles. The molecule has 1 aliphatic rings. The number of aliphatic carboxylic acids is 1. The van der Waals surface area contributed by atoms with Gasteiger partial charge in [0.2, 0.25) is 0 Å². The molecule has 2 rings (SSSR count). The Balaban J connectivity index is 1.98. The summed E-state index contributed by atoms with van der Waals surface area (Å²) < 4.78 is 0. The number of carboxylic acid groups (broad SMARTS) is 1. The molecular formula is C18H25N3O5. The number of nitrogens with zero attached hydrogens (tertiary/aromatic N) is 2. The van der Waals surface area contributed by atoms with Crippen LogP contribution in [0.2, 0.25) is 0 Å². The number of carbonyl (C=O) groups excluding carboxylic acids is 1. The summed E-state index contributed by atoms with van der Waals surface area (Å²) in [5, 5.41) is 23.0. The van der Waals surface area contributed by atoms with Crippen LogP contribution in [0.15, 0.2) is 18.2 Å². The number of carbonyl (C=O) groups is 2. The molecule has 0 heterocycles. The summed E-state index contributed by atoms with van der Waals surface area (Å²) >= 11 is 0. The van der Waals surface area contributed by atoms with E-state index in [0.29, 0.717) is 24.9 Å². The molecule has 8 nitrogen and oxygen atoms in total. The van der Waals surface area contributed by atoms with Gasteiger partial charge in [-0.2, -0.15) is 0 Å². The molecule has 1 fully saturated rings. The standard InChI is InChI=1S/C18H25N3O5/c1-4-20(10-17(22)23)14-8-13(9-14)19-18(24)12-5-6-15(11(2)3)16(7-12)21(25)26/h5-7,11,13-14H,4,8-10H2,1-3H3,(H,19,24)(H,22,23). The van der Waals surface area contributed by atoms with E-state index in [2.05, 4.69) is 5.32 Å². The summed E-state index contributed by atoms with van der Waals surface area (Å²) in [7, 11) is 0. The van der Waals surface area contributed by atoms with Crippen molar-refractivity contribution in [1.82, 2.24) is 10.2 Å². The molecule has 0 radical (unpaired) electrons. The number of rotatable bonds is 8. The third kappa shape index (κ3) is 4.57. The predicted molar refractivity (Wildman–Crippen MR) is 96.3 cm³/mol. The quantitative estimate of drug-likeness (QED) is 0.542. The highest BCUT2D eigenvalue weighted by Gasteiger charge is 2.35. The van der Waals surface area contributed by atoms with Gasteiger partial charge in [0.25, 0.3) is 11.6 Å². The minimum absolute atomic E-state index is 0.00540. The Hall–Kier alpha value is -2.48. The molecule has 0 bridgehead atoms. The zero-order valence-corrected chi connectivity index (χ0v) is 15.3. The van der Waals surface area contributed by atoms with E-state index in [1.807, 2.05) is 25.7 Å². The summed E-state index contributed by atoms with van der Waals surface area (Å²) in [4.78, 5) is 35.9. The average Bonchev–Trinajstić information content (AvgIpc) is 2.54. The van der Waals surface area contributed by atoms with Gasteiger partial charge in [0.05, 0.1) is 11.5 Å². The van der Waals surface area contributed by atoms with Crippen LogP contribution in [0.25, 0.3) is 0 Å². The van der Waals surface area contributed by atoms with Crippen LogP contribution in [0.1, 0.15) is 55.5 Å². The lowest BCUT2D eigenvalue weighted by atomic mass is 9.85. The molecule has 0 atom stereocenters. The number of hydrogen-bond acceptors (Lipinski definition) is 5. The van der Waals surface area contributed by atoms with Gasteiger partial charge in [-0.25, -0.2) is 0 Å². The number of nitrogens with one attached hydrogen (secondary N) is 1. The van der Waals surface area contributed by atoms with Crippen LogP contribution >= 0.6 is 0 Å². The molecule has 0 spiro atoms. The molecule has 1 aromatic rings. The van der Waals surface area contributed by atoms with Gasteiger partial charge in [0.15, 0.2) is 0 Å². The first kappa shape index (κ1) is 19.8. The van der Waals surface area contributed by atoms with Crippen molar-refractivity contribution in [2.45, 2.75) is 51.6 Å². The van der Waals surface area contributed by atoms with Gasteiger partial charge in [-0.1, -0.05) is 26.8 Å². The normalized spacial score (nSPS) is 19.3. The van der Waals surface area contributed by atoms with Crippen molar-refractivity contribution in [1.29, 1.82) is 0 Å². The maximum atomic E-state index is 12.4. The predicted octanol–water partition coefficient (Wildman–Crippen LogP) is 2.39. The molecule has 142 valence electrons. The first-order chi connectivity index (χ1) is 12.2. The molecule has 1 amide bonds. The van der Waals surface area contributed by atoms with Crippen molar-refractivity contribution in [3.63, 3.8) is 0 Å². The summed E-state index contributed by atoms with van der Waals surface area (Å²) in [6.07, 6.45) is 1.36. The highest BCUT2D eigenvalue weighted by Crippen LogP contribution is 2.29. The molecule has 0 aliphatic heterocycles. The van der Waals surface area contributed by atoms with Crippen molar-refractivity contribution in [2.75, 3.05) is 13.1 Å². The van der Waals surface area contributed by atoms with E-state index >= 15 is 0 Å². The SMILES string of the molecule is CCN(CC(=O)O)C1CC(NC(=O)c2ccc(C(C)C)c([N+](=O)[O-])c2)C1. The van der Waals surface area contributed by atoms with Crippen molar-refractivity contribution in [2.24, 2.45) is 0 Å². The van der Waals surface area contributed by atoms with Crippen LogP contribution in [0.3, 0.4) is 0 Å². The Morgan fingerprint density at radius 2 is 2.04 bits per heavy atom. The number of nitro groups is 1. The van der Waals surface area contributed by atoms with Gasteiger partial charge in [0, 0.05) is 29.3 Å². The second kappa shape index (κ2) is 8.27. The lowest BCUT2D eigenvalue weighted by Gasteiger charge is -2.42. The van der Waals surface area contributed by atoms with E-state index in [4.69, 9.17) is 5.11 Å². The minimum atomic E-state index is -0.864. The zero-order valence-electron chi connectivity index (χ0n) is 15.3. The fraction of sp³-hybridized carbons (Fsp3) is 0.556. The largest absolute Gasteiger partial charge is 0.480 e. The summed E-state index contributed by atoms with van der Waals surface area (Å²) in [6.45, 7) is 6.27. The van der Waals surface area contributed by atoms with E-state index in [0.717, 1.165) is 0 Å². The second-order valence-corrected chi connectivity index (χ2v) is 6.94. The molecule has 0 aromatic heterocycles. The monoisotopic (exact) mass is 363 g/mol. The lowest BCUT2D eigenvalue weighted by molar-refractivity contribution is -0.385. The Morgan fingerprint density at radius 1 is 1.38 bits per heavy atom. The number of benzene rings is 1. The van der Waals surface area contributed by atoms with E-state index < -0.39 is 10.9 Å². The second-order valence-electron chi connectivity index (χ2n) is 6.94. The molecule has 2 N–H and O–H groups in total. The van der Waals surface area contributed by atoms with Crippen LogP contribution in [0.4, 0.5) is 5.69 Å². The zero-order chi connectivity index (χ0) is 19.4. The van der Waals surface area contributed by atoms with Gasteiger partial charge in [-0.3, -0.25) is 24.6 Å². The van der Waals surface area contributed by atoms with E-state index in [1.165, 1.54) is 6.07 Å². The first-order valence-electron chi connectivity index (χ1n) is 8.78. The van der Waals surface area contributed by atoms with Gasteiger partial charge >= 0.3 is 5.97 Å². The maximum absolute atomic E-state index is 12.4. The summed E-state index contributed by atoms with van der Waals surface area (Å²) in [5.41, 5.74) is 0.822. The molecular weight excluding hydrogens is 338 g/mol. The Morgan fingerprint density at radius 3 is 2.54 bits per heavy atom. The summed E-state index contributed by atoms with van der Waals surface area (Å²) in [5.74, 6) is -1.21. The first-order valence-corrected chi connectivity index (χ1v) is 8.78. The fourth-order valence-corrected chi connectivity index (χ4v) is 3.28. The number of likely N-dealkylation sites (N-methyl/N-ethyl adjacent to an activating group) is 1. The smallest absolute Gasteiger partial charge is 0.317 e. The van der Waals surface area contributed by atoms with E-state index in [9.17, 15) is 19.7 Å². The third-order valence-electron chi connectivity index (χ3n) is 4.82. The third-order valence-corrected chi connectivity index (χ3v) is 4.82. The van der Waals surface area contributed by atoms with Crippen LogP contribution in [-0.4, -0.2) is 52.0 Å². The van der Waals surface area contributed by atoms with Crippen molar-refractivity contribution >= 4 is 17.6 Å². The molecule has 8 heteroatoms. The Bertz CT molecular complexity index is 698. The number of amides is 1. The average molecular weight is 363 g/mol. The number of hydrogen-bond donors (Lipinski definition) is 2. The van der Waals surface area contributed by atoms with E-state index in [1.54, 1.807) is 12.1 Å². The van der Waals surface area contributed by atoms with Gasteiger partial charge in [-0.15, -0.1) is 0 Å². The van der Waals surface area contributed by atoms with Gasteiger partial charge in [-0.05, 0) is 31.4 Å². The molecule has 1 aromatic carbocycles. The van der Waals surface area contributed by atoms with E-state index in [-0.39, 0.29) is 41.7 Å².